The molecule has 3 rings (SSSR count). The van der Waals surface area contributed by atoms with Gasteiger partial charge in [-0.1, -0.05) is 18.2 Å². The van der Waals surface area contributed by atoms with Gasteiger partial charge in [-0.3, -0.25) is 9.74 Å². The van der Waals surface area contributed by atoms with Crippen molar-refractivity contribution < 1.29 is 13.3 Å². The number of rotatable bonds is 4. The van der Waals surface area contributed by atoms with Gasteiger partial charge < -0.3 is 0 Å². The van der Waals surface area contributed by atoms with Crippen LogP contribution in [0.3, 0.4) is 0 Å². The molecule has 2 saturated heterocycles. The highest BCUT2D eigenvalue weighted by molar-refractivity contribution is 7.89. The molecule has 2 aliphatic heterocycles. The number of benzene rings is 1. The first-order valence-electron chi connectivity index (χ1n) is 8.54. The minimum absolute atomic E-state index is 0.222. The van der Waals surface area contributed by atoms with Gasteiger partial charge in [0.25, 0.3) is 0 Å². The van der Waals surface area contributed by atoms with Crippen molar-refractivity contribution in [1.29, 1.82) is 5.26 Å². The normalized spacial score (nSPS) is 28.8. The van der Waals surface area contributed by atoms with E-state index >= 15 is 0 Å². The number of nitrogens with zero attached hydrogens (tertiary/aromatic N) is 3. The van der Waals surface area contributed by atoms with E-state index in [-0.39, 0.29) is 12.1 Å². The van der Waals surface area contributed by atoms with Crippen LogP contribution >= 0.6 is 0 Å². The smallest absolute Gasteiger partial charge is 0.221 e. The van der Waals surface area contributed by atoms with Crippen LogP contribution in [0.25, 0.3) is 0 Å². The van der Waals surface area contributed by atoms with Crippen LogP contribution in [0.1, 0.15) is 25.0 Å². The van der Waals surface area contributed by atoms with Crippen molar-refractivity contribution in [1.82, 2.24) is 14.7 Å². The van der Waals surface area contributed by atoms with Crippen LogP contribution in [0.15, 0.2) is 24.3 Å². The Kier molecular flexibility index (Phi) is 5.41. The Morgan fingerprint density at radius 1 is 1.24 bits per heavy atom. The Balaban J connectivity index is 1.63. The van der Waals surface area contributed by atoms with E-state index in [4.69, 9.17) is 4.84 Å². The van der Waals surface area contributed by atoms with E-state index in [9.17, 15) is 13.7 Å². The fourth-order valence-electron chi connectivity index (χ4n) is 3.58. The molecule has 1 aromatic rings. The Morgan fingerprint density at radius 2 is 1.92 bits per heavy atom. The Morgan fingerprint density at radius 3 is 2.52 bits per heavy atom. The number of hydrogen-bond donors (Lipinski definition) is 1. The minimum Gasteiger partial charge on any atom is -0.297 e. The van der Waals surface area contributed by atoms with Crippen LogP contribution in [0.5, 0.6) is 0 Å². The van der Waals surface area contributed by atoms with Crippen molar-refractivity contribution >= 4 is 10.0 Å². The van der Waals surface area contributed by atoms with Crippen molar-refractivity contribution in [2.45, 2.75) is 37.8 Å². The number of hydrogen-bond acceptors (Lipinski definition) is 6. The van der Waals surface area contributed by atoms with Gasteiger partial charge >= 0.3 is 0 Å². The molecule has 0 aromatic heterocycles. The quantitative estimate of drug-likeness (QED) is 0.846. The second kappa shape index (κ2) is 7.40. The molecule has 1 aromatic carbocycles. The molecule has 2 aliphatic rings. The molecule has 0 aliphatic carbocycles. The first-order chi connectivity index (χ1) is 11.9. The summed E-state index contributed by atoms with van der Waals surface area (Å²) in [4.78, 5) is 7.48. The van der Waals surface area contributed by atoms with Crippen molar-refractivity contribution in [2.75, 3.05) is 26.2 Å². The second-order valence-corrected chi connectivity index (χ2v) is 8.77. The van der Waals surface area contributed by atoms with E-state index in [0.29, 0.717) is 38.3 Å². The predicted molar refractivity (Wildman–Crippen MR) is 93.9 cm³/mol. The largest absolute Gasteiger partial charge is 0.297 e. The van der Waals surface area contributed by atoms with E-state index in [1.54, 1.807) is 11.2 Å². The number of sulfonamides is 1. The lowest BCUT2D eigenvalue weighted by atomic mass is 10.1. The first kappa shape index (κ1) is 18.3. The molecule has 7 nitrogen and oxygen atoms in total. The topological polar surface area (TPSA) is 85.7 Å². The lowest BCUT2D eigenvalue weighted by molar-refractivity contribution is 0.0382. The van der Waals surface area contributed by atoms with Crippen LogP contribution in [0, 0.1) is 11.3 Å². The number of piperazine rings is 1. The summed E-state index contributed by atoms with van der Waals surface area (Å²) in [5.74, 6) is 0. The highest BCUT2D eigenvalue weighted by atomic mass is 32.2. The van der Waals surface area contributed by atoms with E-state index in [2.05, 4.69) is 16.4 Å². The van der Waals surface area contributed by atoms with Gasteiger partial charge in [0.1, 0.15) is 5.25 Å². The fourth-order valence-corrected chi connectivity index (χ4v) is 5.71. The standard InChI is InChI=1S/C17H24N4O3S/c1-13-17(14(2)24-19-13)25(22,23)21-9-7-20(8-10-21)12-16-6-4-3-5-15(16)11-18/h3-6,13-14,17,19H,7-10,12H2,1-2H3. The molecule has 0 amide bonds. The van der Waals surface area contributed by atoms with E-state index in [1.165, 1.54) is 0 Å². The summed E-state index contributed by atoms with van der Waals surface area (Å²) in [6.07, 6.45) is -0.361. The molecule has 1 N–H and O–H groups in total. The van der Waals surface area contributed by atoms with Crippen molar-refractivity contribution in [3.05, 3.63) is 35.4 Å². The fraction of sp³-hybridized carbons (Fsp3) is 0.588. The van der Waals surface area contributed by atoms with Crippen LogP contribution in [0.2, 0.25) is 0 Å². The molecule has 0 spiro atoms. The average Bonchev–Trinajstić information content (AvgIpc) is 2.95. The second-order valence-electron chi connectivity index (χ2n) is 6.68. The summed E-state index contributed by atoms with van der Waals surface area (Å²) in [6, 6.07) is 9.53. The first-order valence-corrected chi connectivity index (χ1v) is 10.0. The van der Waals surface area contributed by atoms with E-state index in [0.717, 1.165) is 5.56 Å². The maximum absolute atomic E-state index is 12.9. The number of nitrogens with one attached hydrogen (secondary N) is 1. The molecule has 0 bridgehead atoms. The van der Waals surface area contributed by atoms with Gasteiger partial charge in [0.15, 0.2) is 0 Å². The third kappa shape index (κ3) is 3.71. The summed E-state index contributed by atoms with van der Waals surface area (Å²) in [6.45, 7) is 6.53. The van der Waals surface area contributed by atoms with Crippen molar-refractivity contribution in [3.63, 3.8) is 0 Å². The molecule has 2 heterocycles. The molecule has 0 radical (unpaired) electrons. The van der Waals surface area contributed by atoms with Gasteiger partial charge in [-0.2, -0.15) is 15.0 Å². The van der Waals surface area contributed by atoms with Gasteiger partial charge in [-0.05, 0) is 25.5 Å². The molecular weight excluding hydrogens is 340 g/mol. The van der Waals surface area contributed by atoms with Gasteiger partial charge in [0.2, 0.25) is 10.0 Å². The van der Waals surface area contributed by atoms with Crippen LogP contribution in [-0.4, -0.2) is 61.2 Å². The lowest BCUT2D eigenvalue weighted by Gasteiger charge is -2.36. The zero-order chi connectivity index (χ0) is 18.0. The zero-order valence-electron chi connectivity index (χ0n) is 14.6. The molecule has 136 valence electrons. The maximum Gasteiger partial charge on any atom is 0.221 e. The monoisotopic (exact) mass is 364 g/mol. The summed E-state index contributed by atoms with van der Waals surface area (Å²) in [5.41, 5.74) is 4.43. The molecule has 3 atom stereocenters. The zero-order valence-corrected chi connectivity index (χ0v) is 15.4. The lowest BCUT2D eigenvalue weighted by Crippen LogP contribution is -2.53. The van der Waals surface area contributed by atoms with Gasteiger partial charge in [-0.15, -0.1) is 0 Å². The summed E-state index contributed by atoms with van der Waals surface area (Å²) in [7, 11) is -3.40. The Hall–Kier alpha value is -1.50. The molecular formula is C17H24N4O3S. The maximum atomic E-state index is 12.9. The predicted octanol–water partition coefficient (Wildman–Crippen LogP) is 0.686. The number of hydroxylamine groups is 1. The minimum atomic E-state index is -3.40. The van der Waals surface area contributed by atoms with Crippen molar-refractivity contribution in [2.24, 2.45) is 0 Å². The molecule has 8 heteroatoms. The summed E-state index contributed by atoms with van der Waals surface area (Å²) >= 11 is 0. The van der Waals surface area contributed by atoms with Gasteiger partial charge in [0.05, 0.1) is 23.8 Å². The highest BCUT2D eigenvalue weighted by Crippen LogP contribution is 2.24. The van der Waals surface area contributed by atoms with Gasteiger partial charge in [-0.25, -0.2) is 8.42 Å². The van der Waals surface area contributed by atoms with Crippen molar-refractivity contribution in [3.8, 4) is 6.07 Å². The summed E-state index contributed by atoms with van der Waals surface area (Å²) in [5, 5.41) is 8.64. The molecule has 0 saturated carbocycles. The average molecular weight is 364 g/mol. The summed E-state index contributed by atoms with van der Waals surface area (Å²) < 4.78 is 27.4. The Labute approximate surface area is 149 Å². The van der Waals surface area contributed by atoms with Crippen LogP contribution in [-0.2, 0) is 21.4 Å². The molecule has 3 unspecified atom stereocenters. The molecule has 25 heavy (non-hydrogen) atoms. The van der Waals surface area contributed by atoms with Crippen LogP contribution < -0.4 is 5.48 Å². The third-order valence-electron chi connectivity index (χ3n) is 4.96. The van der Waals surface area contributed by atoms with Crippen LogP contribution in [0.4, 0.5) is 0 Å². The van der Waals surface area contributed by atoms with E-state index in [1.807, 2.05) is 31.2 Å². The molecule has 2 fully saturated rings. The van der Waals surface area contributed by atoms with Gasteiger partial charge in [0, 0.05) is 32.7 Å². The Bertz CT molecular complexity index is 743. The highest BCUT2D eigenvalue weighted by Gasteiger charge is 2.45. The SMILES string of the molecule is CC1NOC(C)C1S(=O)(=O)N1CCN(Cc2ccccc2C#N)CC1. The number of nitriles is 1. The van der Waals surface area contributed by atoms with E-state index < -0.39 is 15.3 Å². The third-order valence-corrected chi connectivity index (χ3v) is 7.53.